The first-order chi connectivity index (χ1) is 11.4. The molecule has 1 heterocycles. The number of carbonyl (C=O) groups excluding carboxylic acids is 2. The maximum Gasteiger partial charge on any atom is 0.237 e. The van der Waals surface area contributed by atoms with Gasteiger partial charge >= 0.3 is 0 Å². The monoisotopic (exact) mass is 323 g/mol. The number of hydrogen-bond acceptors (Lipinski definition) is 2. The van der Waals surface area contributed by atoms with E-state index in [1.165, 1.54) is 16.9 Å². The molecule has 6 rings (SSSR count). The Morgan fingerprint density at radius 3 is 2.04 bits per heavy atom. The molecule has 1 aromatic rings. The van der Waals surface area contributed by atoms with Crippen LogP contribution in [0.1, 0.15) is 45.6 Å². The predicted molar refractivity (Wildman–Crippen MR) is 92.4 cm³/mol. The van der Waals surface area contributed by atoms with Crippen LogP contribution in [0.2, 0.25) is 0 Å². The fourth-order valence-corrected chi connectivity index (χ4v) is 5.90. The quantitative estimate of drug-likeness (QED) is 0.738. The summed E-state index contributed by atoms with van der Waals surface area (Å²) < 4.78 is 0. The Hall–Kier alpha value is -1.64. The number of carbonyl (C=O) groups is 2. The summed E-state index contributed by atoms with van der Waals surface area (Å²) in [5.41, 5.74) is 1.95. The van der Waals surface area contributed by atoms with Crippen LogP contribution in [0.25, 0.3) is 0 Å². The molecule has 2 amide bonds. The third-order valence-corrected chi connectivity index (χ3v) is 7.12. The molecule has 1 aromatic carbocycles. The lowest BCUT2D eigenvalue weighted by Gasteiger charge is -2.42. The molecule has 5 aliphatic rings. The Bertz CT molecular complexity index is 712. The zero-order chi connectivity index (χ0) is 16.8. The minimum absolute atomic E-state index is 0.00917. The highest BCUT2D eigenvalue weighted by molar-refractivity contribution is 6.22. The summed E-state index contributed by atoms with van der Waals surface area (Å²) in [4.78, 5) is 27.9. The first kappa shape index (κ1) is 14.7. The van der Waals surface area contributed by atoms with Gasteiger partial charge in [-0.3, -0.25) is 14.5 Å². The molecule has 5 fully saturated rings. The molecule has 0 N–H and O–H groups in total. The van der Waals surface area contributed by atoms with Gasteiger partial charge in [-0.2, -0.15) is 0 Å². The van der Waals surface area contributed by atoms with Crippen LogP contribution in [0.4, 0.5) is 5.69 Å². The second kappa shape index (κ2) is 4.50. The van der Waals surface area contributed by atoms with Gasteiger partial charge in [0.15, 0.2) is 0 Å². The Kier molecular flexibility index (Phi) is 2.75. The molecule has 0 spiro atoms. The van der Waals surface area contributed by atoms with Crippen molar-refractivity contribution >= 4 is 17.5 Å². The number of amides is 2. The summed E-state index contributed by atoms with van der Waals surface area (Å²) in [5, 5.41) is 0. The van der Waals surface area contributed by atoms with Gasteiger partial charge in [0.25, 0.3) is 0 Å². The van der Waals surface area contributed by atoms with E-state index < -0.39 is 0 Å². The molecule has 1 aliphatic heterocycles. The van der Waals surface area contributed by atoms with E-state index in [0.29, 0.717) is 11.8 Å². The standard InChI is InChI=1S/C21H25NO2/c1-21(2,3)11-5-4-6-12(9-11)22-19(23)17-13-7-8-14(16-10-15(13)16)18(17)20(22)24/h4-6,9,13-18H,7-8,10H2,1-3H3/t13-,14+,15+,16-,17-,18+. The summed E-state index contributed by atoms with van der Waals surface area (Å²) >= 11 is 0. The van der Waals surface area contributed by atoms with E-state index in [2.05, 4.69) is 26.8 Å². The first-order valence-electron chi connectivity index (χ1n) is 9.36. The highest BCUT2D eigenvalue weighted by Gasteiger charge is 2.68. The van der Waals surface area contributed by atoms with Crippen molar-refractivity contribution in [3.63, 3.8) is 0 Å². The summed E-state index contributed by atoms with van der Waals surface area (Å²) in [6.45, 7) is 6.48. The van der Waals surface area contributed by atoms with Gasteiger partial charge in [0.2, 0.25) is 11.8 Å². The molecule has 3 heteroatoms. The third kappa shape index (κ3) is 1.79. The Morgan fingerprint density at radius 1 is 0.917 bits per heavy atom. The van der Waals surface area contributed by atoms with E-state index in [4.69, 9.17) is 0 Å². The van der Waals surface area contributed by atoms with Crippen LogP contribution in [-0.2, 0) is 15.0 Å². The normalized spacial score (nSPS) is 39.9. The van der Waals surface area contributed by atoms with Crippen LogP contribution in [0.5, 0.6) is 0 Å². The smallest absolute Gasteiger partial charge is 0.237 e. The average Bonchev–Trinajstić information content (AvgIpc) is 3.31. The van der Waals surface area contributed by atoms with Crippen molar-refractivity contribution in [2.45, 2.75) is 45.4 Å². The van der Waals surface area contributed by atoms with Crippen molar-refractivity contribution in [1.82, 2.24) is 0 Å². The molecule has 126 valence electrons. The number of hydrogen-bond donors (Lipinski definition) is 0. The van der Waals surface area contributed by atoms with Gasteiger partial charge in [0.1, 0.15) is 0 Å². The molecule has 6 atom stereocenters. The van der Waals surface area contributed by atoms with E-state index in [0.717, 1.165) is 30.4 Å². The Morgan fingerprint density at radius 2 is 1.50 bits per heavy atom. The van der Waals surface area contributed by atoms with Gasteiger partial charge in [-0.25, -0.2) is 0 Å². The molecule has 0 unspecified atom stereocenters. The molecule has 0 radical (unpaired) electrons. The van der Waals surface area contributed by atoms with Crippen molar-refractivity contribution in [3.05, 3.63) is 29.8 Å². The third-order valence-electron chi connectivity index (χ3n) is 7.12. The number of rotatable bonds is 1. The molecule has 0 aromatic heterocycles. The van der Waals surface area contributed by atoms with Crippen molar-refractivity contribution in [2.75, 3.05) is 4.90 Å². The molecule has 24 heavy (non-hydrogen) atoms. The highest BCUT2D eigenvalue weighted by Crippen LogP contribution is 2.68. The second-order valence-corrected chi connectivity index (χ2v) is 9.33. The van der Waals surface area contributed by atoms with E-state index in [1.807, 2.05) is 18.2 Å². The fraction of sp³-hybridized carbons (Fsp3) is 0.619. The predicted octanol–water partition coefficient (Wildman–Crippen LogP) is 3.77. The molecule has 1 saturated heterocycles. The summed E-state index contributed by atoms with van der Waals surface area (Å²) in [7, 11) is 0. The Balaban J connectivity index is 1.54. The minimum Gasteiger partial charge on any atom is -0.274 e. The highest BCUT2D eigenvalue weighted by atomic mass is 16.2. The fourth-order valence-electron chi connectivity index (χ4n) is 5.90. The van der Waals surface area contributed by atoms with Gasteiger partial charge in [-0.1, -0.05) is 32.9 Å². The average molecular weight is 323 g/mol. The summed E-state index contributed by atoms with van der Waals surface area (Å²) in [6.07, 6.45) is 3.58. The topological polar surface area (TPSA) is 37.4 Å². The zero-order valence-electron chi connectivity index (χ0n) is 14.7. The lowest BCUT2D eigenvalue weighted by Crippen LogP contribution is -2.43. The number of anilines is 1. The largest absolute Gasteiger partial charge is 0.274 e. The van der Waals surface area contributed by atoms with E-state index >= 15 is 0 Å². The first-order valence-corrected chi connectivity index (χ1v) is 9.36. The molecule has 4 aliphatic carbocycles. The van der Waals surface area contributed by atoms with Gasteiger partial charge in [0.05, 0.1) is 17.5 Å². The van der Waals surface area contributed by atoms with Gasteiger partial charge in [-0.15, -0.1) is 0 Å². The van der Waals surface area contributed by atoms with Gasteiger partial charge in [-0.05, 0) is 66.0 Å². The Labute approximate surface area is 143 Å². The maximum absolute atomic E-state index is 13.2. The van der Waals surface area contributed by atoms with Crippen LogP contribution in [0.15, 0.2) is 24.3 Å². The van der Waals surface area contributed by atoms with Crippen molar-refractivity contribution < 1.29 is 9.59 Å². The number of imide groups is 1. The lowest BCUT2D eigenvalue weighted by molar-refractivity contribution is -0.129. The molecular formula is C21H25NO2. The SMILES string of the molecule is CC(C)(C)c1cccc(N2C(=O)[C@@H]3[C@@H]4CC[C@@H]([C@H]5C[C@H]54)[C@@H]3C2=O)c1. The van der Waals surface area contributed by atoms with Crippen molar-refractivity contribution in [3.8, 4) is 0 Å². The minimum atomic E-state index is -0.0294. The van der Waals surface area contributed by atoms with Crippen LogP contribution >= 0.6 is 0 Å². The summed E-state index contributed by atoms with van der Waals surface area (Å²) in [6, 6.07) is 8.02. The van der Waals surface area contributed by atoms with E-state index in [1.54, 1.807) is 0 Å². The number of fused-ring (bicyclic) bond motifs is 1. The molecule has 4 saturated carbocycles. The molecule has 2 bridgehead atoms. The number of benzene rings is 1. The van der Waals surface area contributed by atoms with Crippen molar-refractivity contribution in [1.29, 1.82) is 0 Å². The summed E-state index contributed by atoms with van der Waals surface area (Å²) in [5.74, 6) is 2.52. The van der Waals surface area contributed by atoms with Gasteiger partial charge < -0.3 is 0 Å². The van der Waals surface area contributed by atoms with Crippen LogP contribution in [0.3, 0.4) is 0 Å². The number of nitrogens with zero attached hydrogens (tertiary/aromatic N) is 1. The van der Waals surface area contributed by atoms with Gasteiger partial charge in [0, 0.05) is 0 Å². The zero-order valence-corrected chi connectivity index (χ0v) is 14.7. The van der Waals surface area contributed by atoms with Crippen LogP contribution < -0.4 is 4.90 Å². The molecular weight excluding hydrogens is 298 g/mol. The van der Waals surface area contributed by atoms with Crippen molar-refractivity contribution in [2.24, 2.45) is 35.5 Å². The van der Waals surface area contributed by atoms with E-state index in [9.17, 15) is 9.59 Å². The second-order valence-electron chi connectivity index (χ2n) is 9.33. The molecule has 3 nitrogen and oxygen atoms in total. The van der Waals surface area contributed by atoms with E-state index in [-0.39, 0.29) is 29.1 Å². The van der Waals surface area contributed by atoms with Crippen LogP contribution in [-0.4, -0.2) is 11.8 Å². The van der Waals surface area contributed by atoms with Crippen LogP contribution in [0, 0.1) is 35.5 Å². The lowest BCUT2D eigenvalue weighted by atomic mass is 9.59. The maximum atomic E-state index is 13.2.